The first-order chi connectivity index (χ1) is 11.4. The predicted molar refractivity (Wildman–Crippen MR) is 94.1 cm³/mol. The van der Waals surface area contributed by atoms with Crippen LogP contribution >= 0.6 is 0 Å². The first-order valence-electron chi connectivity index (χ1n) is 8.66. The third kappa shape index (κ3) is 4.36. The van der Waals surface area contributed by atoms with Gasteiger partial charge in [0.1, 0.15) is 15.7 Å². The van der Waals surface area contributed by atoms with Gasteiger partial charge < -0.3 is 15.2 Å². The molecule has 0 spiro atoms. The minimum Gasteiger partial charge on any atom is -0.356 e. The molecule has 2 unspecified atom stereocenters. The van der Waals surface area contributed by atoms with E-state index in [0.29, 0.717) is 12.1 Å². The molecule has 1 aromatic rings. The Labute approximate surface area is 142 Å². The van der Waals surface area contributed by atoms with Gasteiger partial charge in [0.15, 0.2) is 0 Å². The zero-order chi connectivity index (χ0) is 17.2. The molecule has 2 fully saturated rings. The van der Waals surface area contributed by atoms with Crippen molar-refractivity contribution in [3.63, 3.8) is 0 Å². The zero-order valence-corrected chi connectivity index (χ0v) is 14.9. The monoisotopic (exact) mass is 354 g/mol. The Morgan fingerprint density at radius 2 is 1.96 bits per heavy atom. The SMILES string of the molecule is CS(=O)(=O)C1CCCC(NC2CCN(c3cc(=O)[nH]cn3)CC2)C1. The number of nitrogens with one attached hydrogen (secondary N) is 2. The van der Waals surface area contributed by atoms with Crippen molar-refractivity contribution < 1.29 is 8.42 Å². The summed E-state index contributed by atoms with van der Waals surface area (Å²) in [4.78, 5) is 20.3. The molecule has 2 N–H and O–H groups in total. The van der Waals surface area contributed by atoms with E-state index in [0.717, 1.165) is 57.4 Å². The molecule has 2 aliphatic rings. The van der Waals surface area contributed by atoms with Gasteiger partial charge in [0, 0.05) is 37.5 Å². The summed E-state index contributed by atoms with van der Waals surface area (Å²) in [5.74, 6) is 0.729. The molecule has 134 valence electrons. The lowest BCUT2D eigenvalue weighted by molar-refractivity contribution is 0.307. The predicted octanol–water partition coefficient (Wildman–Crippen LogP) is 0.684. The summed E-state index contributed by atoms with van der Waals surface area (Å²) in [7, 11) is -2.94. The van der Waals surface area contributed by atoms with Crippen LogP contribution in [0.1, 0.15) is 38.5 Å². The quantitative estimate of drug-likeness (QED) is 0.826. The fraction of sp³-hybridized carbons (Fsp3) is 0.750. The van der Waals surface area contributed by atoms with Crippen LogP contribution in [0.3, 0.4) is 0 Å². The molecule has 0 bridgehead atoms. The van der Waals surface area contributed by atoms with Crippen LogP contribution in [0, 0.1) is 0 Å². The van der Waals surface area contributed by atoms with Gasteiger partial charge in [-0.05, 0) is 32.1 Å². The van der Waals surface area contributed by atoms with Crippen molar-refractivity contribution in [3.05, 3.63) is 22.7 Å². The maximum Gasteiger partial charge on any atom is 0.252 e. The Morgan fingerprint density at radius 1 is 1.21 bits per heavy atom. The highest BCUT2D eigenvalue weighted by molar-refractivity contribution is 7.91. The van der Waals surface area contributed by atoms with Crippen molar-refractivity contribution in [2.24, 2.45) is 0 Å². The largest absolute Gasteiger partial charge is 0.356 e. The van der Waals surface area contributed by atoms with Crippen LogP contribution in [0.25, 0.3) is 0 Å². The van der Waals surface area contributed by atoms with E-state index in [2.05, 4.69) is 20.2 Å². The van der Waals surface area contributed by atoms with Crippen LogP contribution in [0.15, 0.2) is 17.2 Å². The van der Waals surface area contributed by atoms with Crippen molar-refractivity contribution in [2.75, 3.05) is 24.2 Å². The Hall–Kier alpha value is -1.41. The summed E-state index contributed by atoms with van der Waals surface area (Å²) in [6.45, 7) is 1.71. The van der Waals surface area contributed by atoms with Gasteiger partial charge in [0.05, 0.1) is 11.6 Å². The van der Waals surface area contributed by atoms with Crippen LogP contribution in [-0.4, -0.2) is 55.1 Å². The fourth-order valence-electron chi connectivity index (χ4n) is 3.82. The van der Waals surface area contributed by atoms with E-state index in [-0.39, 0.29) is 10.8 Å². The average molecular weight is 354 g/mol. The fourth-order valence-corrected chi connectivity index (χ4v) is 5.00. The Balaban J connectivity index is 1.51. The summed E-state index contributed by atoms with van der Waals surface area (Å²) in [6, 6.07) is 2.24. The molecule has 0 amide bonds. The molecule has 8 heteroatoms. The van der Waals surface area contributed by atoms with Crippen LogP contribution < -0.4 is 15.8 Å². The maximum atomic E-state index is 11.8. The van der Waals surface area contributed by atoms with Crippen LogP contribution in [0.2, 0.25) is 0 Å². The van der Waals surface area contributed by atoms with Gasteiger partial charge >= 0.3 is 0 Å². The van der Waals surface area contributed by atoms with Crippen molar-refractivity contribution in [1.82, 2.24) is 15.3 Å². The van der Waals surface area contributed by atoms with Crippen LogP contribution in [0.5, 0.6) is 0 Å². The van der Waals surface area contributed by atoms with Gasteiger partial charge in [-0.1, -0.05) is 6.42 Å². The van der Waals surface area contributed by atoms with Crippen molar-refractivity contribution >= 4 is 15.7 Å². The molecule has 1 aromatic heterocycles. The third-order valence-electron chi connectivity index (χ3n) is 5.19. The van der Waals surface area contributed by atoms with Gasteiger partial charge in [-0.25, -0.2) is 13.4 Å². The van der Waals surface area contributed by atoms with Gasteiger partial charge in [-0.3, -0.25) is 4.79 Å². The number of nitrogens with zero attached hydrogens (tertiary/aromatic N) is 2. The maximum absolute atomic E-state index is 11.8. The van der Waals surface area contributed by atoms with E-state index in [4.69, 9.17) is 0 Å². The first-order valence-corrected chi connectivity index (χ1v) is 10.6. The smallest absolute Gasteiger partial charge is 0.252 e. The van der Waals surface area contributed by atoms with E-state index in [1.165, 1.54) is 18.6 Å². The molecule has 1 saturated carbocycles. The number of aromatic nitrogens is 2. The second-order valence-electron chi connectivity index (χ2n) is 7.01. The van der Waals surface area contributed by atoms with Crippen LogP contribution in [-0.2, 0) is 9.84 Å². The number of piperidine rings is 1. The normalized spacial score (nSPS) is 26.5. The summed E-state index contributed by atoms with van der Waals surface area (Å²) in [6.07, 6.45) is 8.32. The topological polar surface area (TPSA) is 95.2 Å². The number of anilines is 1. The number of H-pyrrole nitrogens is 1. The van der Waals surface area contributed by atoms with E-state index < -0.39 is 9.84 Å². The highest BCUT2D eigenvalue weighted by atomic mass is 32.2. The summed E-state index contributed by atoms with van der Waals surface area (Å²) < 4.78 is 23.6. The minimum atomic E-state index is -2.94. The molecular formula is C16H26N4O3S. The van der Waals surface area contributed by atoms with Crippen molar-refractivity contribution in [1.29, 1.82) is 0 Å². The molecule has 0 radical (unpaired) electrons. The number of aromatic amines is 1. The molecule has 24 heavy (non-hydrogen) atoms. The number of hydrogen-bond donors (Lipinski definition) is 2. The summed E-state index contributed by atoms with van der Waals surface area (Å²) >= 11 is 0. The second-order valence-corrected chi connectivity index (χ2v) is 9.34. The Kier molecular flexibility index (Phi) is 5.24. The Morgan fingerprint density at radius 3 is 2.62 bits per heavy atom. The van der Waals surface area contributed by atoms with E-state index >= 15 is 0 Å². The summed E-state index contributed by atoms with van der Waals surface area (Å²) in [5, 5.41) is 3.47. The van der Waals surface area contributed by atoms with Gasteiger partial charge in [0.2, 0.25) is 0 Å². The van der Waals surface area contributed by atoms with Crippen molar-refractivity contribution in [2.45, 2.75) is 55.9 Å². The van der Waals surface area contributed by atoms with Gasteiger partial charge in [-0.15, -0.1) is 0 Å². The molecule has 2 atom stereocenters. The standard InChI is InChI=1S/C16H26N4O3S/c1-24(22,23)14-4-2-3-13(9-14)19-12-5-7-20(8-6-12)15-10-16(21)18-11-17-15/h10-14,19H,2-9H2,1H3,(H,17,18,21). The number of rotatable bonds is 4. The molecule has 1 aliphatic heterocycles. The lowest BCUT2D eigenvalue weighted by atomic mass is 9.93. The molecule has 7 nitrogen and oxygen atoms in total. The van der Waals surface area contributed by atoms with Gasteiger partial charge in [0.25, 0.3) is 5.56 Å². The highest BCUT2D eigenvalue weighted by Crippen LogP contribution is 2.25. The van der Waals surface area contributed by atoms with E-state index in [1.807, 2.05) is 0 Å². The average Bonchev–Trinajstić information content (AvgIpc) is 2.55. The molecule has 3 rings (SSSR count). The second kappa shape index (κ2) is 7.23. The van der Waals surface area contributed by atoms with Crippen molar-refractivity contribution in [3.8, 4) is 0 Å². The molecule has 1 saturated heterocycles. The lowest BCUT2D eigenvalue weighted by Gasteiger charge is -2.37. The summed E-state index contributed by atoms with van der Waals surface area (Å²) in [5.41, 5.74) is -0.130. The zero-order valence-electron chi connectivity index (χ0n) is 14.1. The Bertz CT molecular complexity index is 710. The lowest BCUT2D eigenvalue weighted by Crippen LogP contribution is -2.48. The molecule has 0 aromatic carbocycles. The third-order valence-corrected chi connectivity index (χ3v) is 6.82. The van der Waals surface area contributed by atoms with E-state index in [1.54, 1.807) is 0 Å². The first kappa shape index (κ1) is 17.4. The minimum absolute atomic E-state index is 0.130. The highest BCUT2D eigenvalue weighted by Gasteiger charge is 2.30. The number of sulfone groups is 1. The molecule has 2 heterocycles. The number of hydrogen-bond acceptors (Lipinski definition) is 6. The van der Waals surface area contributed by atoms with Crippen LogP contribution in [0.4, 0.5) is 5.82 Å². The molecule has 1 aliphatic carbocycles. The van der Waals surface area contributed by atoms with Gasteiger partial charge in [-0.2, -0.15) is 0 Å². The van der Waals surface area contributed by atoms with E-state index in [9.17, 15) is 13.2 Å². The molecular weight excluding hydrogens is 328 g/mol.